The fourth-order valence-electron chi connectivity index (χ4n) is 1.86. The molecule has 0 aliphatic carbocycles. The van der Waals surface area contributed by atoms with Gasteiger partial charge in [0, 0.05) is 18.8 Å². The Morgan fingerprint density at radius 1 is 1.38 bits per heavy atom. The second-order valence-corrected chi connectivity index (χ2v) is 5.21. The van der Waals surface area contributed by atoms with Crippen LogP contribution in [-0.4, -0.2) is 33.1 Å². The van der Waals surface area contributed by atoms with Crippen molar-refractivity contribution < 1.29 is 14.7 Å². The Morgan fingerprint density at radius 3 is 2.57 bits per heavy atom. The van der Waals surface area contributed by atoms with Gasteiger partial charge in [0.2, 0.25) is 5.91 Å². The zero-order chi connectivity index (χ0) is 16.0. The fourth-order valence-corrected chi connectivity index (χ4v) is 1.86. The first-order chi connectivity index (χ1) is 9.79. The molecule has 8 nitrogen and oxygen atoms in total. The monoisotopic (exact) mass is 297 g/mol. The van der Waals surface area contributed by atoms with E-state index in [1.54, 1.807) is 0 Å². The highest BCUT2D eigenvalue weighted by molar-refractivity contribution is 5.77. The summed E-state index contributed by atoms with van der Waals surface area (Å²) < 4.78 is 1.04. The molecule has 0 saturated heterocycles. The van der Waals surface area contributed by atoms with Crippen LogP contribution in [0.3, 0.4) is 0 Å². The number of amides is 1. The molecule has 0 radical (unpaired) electrons. The van der Waals surface area contributed by atoms with Crippen molar-refractivity contribution in [2.45, 2.75) is 26.8 Å². The number of H-pyrrole nitrogens is 1. The zero-order valence-corrected chi connectivity index (χ0v) is 12.0. The van der Waals surface area contributed by atoms with Crippen molar-refractivity contribution >= 4 is 11.9 Å². The maximum absolute atomic E-state index is 11.7. The third-order valence-electron chi connectivity index (χ3n) is 2.86. The van der Waals surface area contributed by atoms with Gasteiger partial charge in [-0.1, -0.05) is 13.8 Å². The minimum atomic E-state index is -0.967. The van der Waals surface area contributed by atoms with E-state index in [4.69, 9.17) is 5.11 Å². The molecule has 0 saturated carbocycles. The predicted octanol–water partition coefficient (Wildman–Crippen LogP) is -0.600. The Kier molecular flexibility index (Phi) is 5.89. The van der Waals surface area contributed by atoms with E-state index in [0.717, 1.165) is 10.6 Å². The summed E-state index contributed by atoms with van der Waals surface area (Å²) in [4.78, 5) is 47.1. The third-order valence-corrected chi connectivity index (χ3v) is 2.86. The van der Waals surface area contributed by atoms with Crippen molar-refractivity contribution in [2.24, 2.45) is 11.8 Å². The second kappa shape index (κ2) is 7.41. The summed E-state index contributed by atoms with van der Waals surface area (Å²) in [5.41, 5.74) is -1.23. The van der Waals surface area contributed by atoms with E-state index in [2.05, 4.69) is 5.32 Å². The van der Waals surface area contributed by atoms with Gasteiger partial charge in [0.15, 0.2) is 0 Å². The molecule has 0 aliphatic rings. The Labute approximate surface area is 120 Å². The summed E-state index contributed by atoms with van der Waals surface area (Å²) in [5.74, 6) is -1.92. The van der Waals surface area contributed by atoms with Crippen LogP contribution in [0.25, 0.3) is 0 Å². The van der Waals surface area contributed by atoms with Gasteiger partial charge in [-0.3, -0.25) is 23.9 Å². The maximum Gasteiger partial charge on any atom is 0.328 e. The van der Waals surface area contributed by atoms with Gasteiger partial charge < -0.3 is 10.4 Å². The van der Waals surface area contributed by atoms with E-state index < -0.39 is 29.0 Å². The summed E-state index contributed by atoms with van der Waals surface area (Å²) in [5, 5.41) is 11.5. The number of nitrogens with one attached hydrogen (secondary N) is 2. The number of carboxylic acids is 1. The highest BCUT2D eigenvalue weighted by Gasteiger charge is 2.19. The van der Waals surface area contributed by atoms with Crippen LogP contribution < -0.4 is 16.6 Å². The zero-order valence-electron chi connectivity index (χ0n) is 12.0. The van der Waals surface area contributed by atoms with Crippen LogP contribution in [0.15, 0.2) is 21.9 Å². The molecule has 8 heteroatoms. The SMILES string of the molecule is CC(C)CC(CNC(=O)Cn1ccc(=O)[nH]c1=O)C(=O)O. The topological polar surface area (TPSA) is 121 Å². The summed E-state index contributed by atoms with van der Waals surface area (Å²) >= 11 is 0. The standard InChI is InChI=1S/C13H19N3O5/c1-8(2)5-9(12(19)20)6-14-11(18)7-16-4-3-10(17)15-13(16)21/h3-4,8-9H,5-7H2,1-2H3,(H,14,18)(H,19,20)(H,15,17,21). The highest BCUT2D eigenvalue weighted by Crippen LogP contribution is 2.10. The number of carboxylic acid groups (broad SMARTS) is 1. The van der Waals surface area contributed by atoms with Crippen LogP contribution in [-0.2, 0) is 16.1 Å². The molecule has 1 atom stereocenters. The number of aromatic amines is 1. The average molecular weight is 297 g/mol. The van der Waals surface area contributed by atoms with Crippen molar-refractivity contribution in [3.05, 3.63) is 33.1 Å². The van der Waals surface area contributed by atoms with E-state index in [1.165, 1.54) is 6.20 Å². The molecule has 1 heterocycles. The van der Waals surface area contributed by atoms with Gasteiger partial charge in [0.25, 0.3) is 5.56 Å². The second-order valence-electron chi connectivity index (χ2n) is 5.21. The number of carbonyl (C=O) groups excluding carboxylic acids is 1. The van der Waals surface area contributed by atoms with E-state index >= 15 is 0 Å². The summed E-state index contributed by atoms with van der Waals surface area (Å²) in [6, 6.07) is 1.13. The largest absolute Gasteiger partial charge is 0.481 e. The molecule has 116 valence electrons. The lowest BCUT2D eigenvalue weighted by atomic mass is 9.97. The number of hydrogen-bond acceptors (Lipinski definition) is 4. The quantitative estimate of drug-likeness (QED) is 0.620. The van der Waals surface area contributed by atoms with E-state index in [1.807, 2.05) is 18.8 Å². The van der Waals surface area contributed by atoms with Crippen molar-refractivity contribution in [1.82, 2.24) is 14.9 Å². The number of rotatable bonds is 7. The van der Waals surface area contributed by atoms with Crippen LogP contribution in [0, 0.1) is 11.8 Å². The number of nitrogens with zero attached hydrogens (tertiary/aromatic N) is 1. The minimum absolute atomic E-state index is 0.00442. The molecule has 21 heavy (non-hydrogen) atoms. The Morgan fingerprint density at radius 2 is 2.05 bits per heavy atom. The van der Waals surface area contributed by atoms with Gasteiger partial charge >= 0.3 is 11.7 Å². The number of aromatic nitrogens is 2. The third kappa shape index (κ3) is 5.64. The molecule has 3 N–H and O–H groups in total. The van der Waals surface area contributed by atoms with Gasteiger partial charge in [-0.25, -0.2) is 4.79 Å². The van der Waals surface area contributed by atoms with Gasteiger partial charge in [0.05, 0.1) is 5.92 Å². The molecule has 0 bridgehead atoms. The normalized spacial score (nSPS) is 12.1. The van der Waals surface area contributed by atoms with E-state index in [-0.39, 0.29) is 19.0 Å². The molecule has 0 spiro atoms. The first-order valence-corrected chi connectivity index (χ1v) is 6.59. The Balaban J connectivity index is 2.59. The van der Waals surface area contributed by atoms with E-state index in [9.17, 15) is 19.2 Å². The maximum atomic E-state index is 11.7. The number of aliphatic carboxylic acids is 1. The highest BCUT2D eigenvalue weighted by atomic mass is 16.4. The van der Waals surface area contributed by atoms with Crippen LogP contribution in [0.4, 0.5) is 0 Å². The van der Waals surface area contributed by atoms with Crippen molar-refractivity contribution in [3.63, 3.8) is 0 Å². The summed E-state index contributed by atoms with van der Waals surface area (Å²) in [7, 11) is 0. The average Bonchev–Trinajstić information content (AvgIpc) is 2.37. The number of hydrogen-bond donors (Lipinski definition) is 3. The first kappa shape index (κ1) is 16.7. The van der Waals surface area contributed by atoms with Crippen LogP contribution in [0.2, 0.25) is 0 Å². The Bertz CT molecular complexity index is 617. The fraction of sp³-hybridized carbons (Fsp3) is 0.538. The lowest BCUT2D eigenvalue weighted by molar-refractivity contribution is -0.142. The minimum Gasteiger partial charge on any atom is -0.481 e. The van der Waals surface area contributed by atoms with E-state index in [0.29, 0.717) is 6.42 Å². The lowest BCUT2D eigenvalue weighted by Gasteiger charge is -2.15. The van der Waals surface area contributed by atoms with Crippen molar-refractivity contribution in [2.75, 3.05) is 6.54 Å². The molecule has 1 amide bonds. The van der Waals surface area contributed by atoms with Gasteiger partial charge in [-0.15, -0.1) is 0 Å². The molecule has 0 aliphatic heterocycles. The number of carbonyl (C=O) groups is 2. The van der Waals surface area contributed by atoms with Crippen LogP contribution in [0.1, 0.15) is 20.3 Å². The molecule has 0 aromatic carbocycles. The van der Waals surface area contributed by atoms with Gasteiger partial charge in [-0.05, 0) is 12.3 Å². The lowest BCUT2D eigenvalue weighted by Crippen LogP contribution is -2.38. The molecule has 0 fully saturated rings. The Hall–Kier alpha value is -2.38. The molecule has 1 rings (SSSR count). The molecule has 1 aromatic heterocycles. The van der Waals surface area contributed by atoms with Gasteiger partial charge in [-0.2, -0.15) is 0 Å². The molecule has 1 aromatic rings. The molecular weight excluding hydrogens is 278 g/mol. The predicted molar refractivity (Wildman–Crippen MR) is 74.9 cm³/mol. The van der Waals surface area contributed by atoms with Crippen LogP contribution >= 0.6 is 0 Å². The first-order valence-electron chi connectivity index (χ1n) is 6.59. The molecular formula is C13H19N3O5. The van der Waals surface area contributed by atoms with Crippen molar-refractivity contribution in [3.8, 4) is 0 Å². The van der Waals surface area contributed by atoms with Crippen molar-refractivity contribution in [1.29, 1.82) is 0 Å². The van der Waals surface area contributed by atoms with Crippen LogP contribution in [0.5, 0.6) is 0 Å². The smallest absolute Gasteiger partial charge is 0.328 e. The van der Waals surface area contributed by atoms with Gasteiger partial charge in [0.1, 0.15) is 6.54 Å². The summed E-state index contributed by atoms with van der Waals surface area (Å²) in [6.07, 6.45) is 1.66. The molecule has 1 unspecified atom stereocenters. The summed E-state index contributed by atoms with van der Waals surface area (Å²) in [6.45, 7) is 3.53.